The summed E-state index contributed by atoms with van der Waals surface area (Å²) < 4.78 is 0. The van der Waals surface area contributed by atoms with Gasteiger partial charge < -0.3 is 10.2 Å². The van der Waals surface area contributed by atoms with Gasteiger partial charge in [0.15, 0.2) is 5.82 Å². The SMILES string of the molecule is O[C@@H]1C[C@H]2CN(Cc3cnc(-c4cccc5ccccc45)nc3)C[C@H]2C[C@@H]1O. The molecule has 28 heavy (non-hydrogen) atoms. The lowest BCUT2D eigenvalue weighted by Crippen LogP contribution is -2.38. The van der Waals surface area contributed by atoms with E-state index in [0.29, 0.717) is 24.7 Å². The number of benzene rings is 2. The van der Waals surface area contributed by atoms with Crippen LogP contribution in [0.2, 0.25) is 0 Å². The van der Waals surface area contributed by atoms with Crippen molar-refractivity contribution in [1.82, 2.24) is 14.9 Å². The second-order valence-corrected chi connectivity index (χ2v) is 8.26. The number of rotatable bonds is 3. The topological polar surface area (TPSA) is 69.5 Å². The monoisotopic (exact) mass is 375 g/mol. The predicted molar refractivity (Wildman–Crippen MR) is 108 cm³/mol. The second kappa shape index (κ2) is 7.24. The van der Waals surface area contributed by atoms with Crippen molar-refractivity contribution in [1.29, 1.82) is 0 Å². The third kappa shape index (κ3) is 3.30. The third-order valence-corrected chi connectivity index (χ3v) is 6.33. The van der Waals surface area contributed by atoms with Gasteiger partial charge in [0.2, 0.25) is 0 Å². The Labute approximate surface area is 164 Å². The van der Waals surface area contributed by atoms with E-state index in [1.54, 1.807) is 0 Å². The molecule has 2 aromatic carbocycles. The van der Waals surface area contributed by atoms with Crippen LogP contribution in [-0.4, -0.2) is 50.4 Å². The highest BCUT2D eigenvalue weighted by molar-refractivity contribution is 5.94. The first-order valence-corrected chi connectivity index (χ1v) is 10.0. The average molecular weight is 375 g/mol. The molecular weight excluding hydrogens is 350 g/mol. The molecule has 1 aliphatic heterocycles. The Kier molecular flexibility index (Phi) is 4.59. The van der Waals surface area contributed by atoms with Crippen molar-refractivity contribution in [2.45, 2.75) is 31.6 Å². The van der Waals surface area contributed by atoms with Gasteiger partial charge in [-0.1, -0.05) is 42.5 Å². The Morgan fingerprint density at radius 1 is 0.857 bits per heavy atom. The zero-order chi connectivity index (χ0) is 19.1. The lowest BCUT2D eigenvalue weighted by atomic mass is 9.79. The van der Waals surface area contributed by atoms with Crippen molar-refractivity contribution in [3.8, 4) is 11.4 Å². The van der Waals surface area contributed by atoms with Crippen molar-refractivity contribution < 1.29 is 10.2 Å². The predicted octanol–water partition coefficient (Wildman–Crippen LogP) is 2.86. The zero-order valence-corrected chi connectivity index (χ0v) is 15.8. The van der Waals surface area contributed by atoms with Crippen LogP contribution in [0.15, 0.2) is 54.9 Å². The standard InChI is InChI=1S/C23H25N3O2/c27-21-8-17-13-26(14-18(17)9-22(21)28)12-15-10-24-23(25-11-15)20-7-3-5-16-4-1-2-6-19(16)20/h1-7,10-11,17-18,21-22,27-28H,8-9,12-14H2/t17-,18+,21+,22-. The summed E-state index contributed by atoms with van der Waals surface area (Å²) in [5, 5.41) is 22.2. The van der Waals surface area contributed by atoms with Gasteiger partial charge in [0.25, 0.3) is 0 Å². The molecule has 3 aromatic rings. The van der Waals surface area contributed by atoms with E-state index in [-0.39, 0.29) is 0 Å². The smallest absolute Gasteiger partial charge is 0.159 e. The summed E-state index contributed by atoms with van der Waals surface area (Å²) in [5.41, 5.74) is 2.16. The summed E-state index contributed by atoms with van der Waals surface area (Å²) in [7, 11) is 0. The Morgan fingerprint density at radius 3 is 2.21 bits per heavy atom. The Hall–Kier alpha value is -2.34. The van der Waals surface area contributed by atoms with E-state index >= 15 is 0 Å². The number of aliphatic hydroxyl groups is 2. The fraction of sp³-hybridized carbons (Fsp3) is 0.391. The first-order valence-electron chi connectivity index (χ1n) is 10.0. The quantitative estimate of drug-likeness (QED) is 0.737. The molecule has 5 rings (SSSR count). The van der Waals surface area contributed by atoms with Gasteiger partial charge in [-0.25, -0.2) is 9.97 Å². The van der Waals surface area contributed by atoms with Gasteiger partial charge in [-0.3, -0.25) is 4.90 Å². The van der Waals surface area contributed by atoms with Gasteiger partial charge in [0.1, 0.15) is 0 Å². The molecule has 1 aliphatic carbocycles. The van der Waals surface area contributed by atoms with E-state index in [9.17, 15) is 10.2 Å². The van der Waals surface area contributed by atoms with Crippen LogP contribution in [-0.2, 0) is 6.54 Å². The van der Waals surface area contributed by atoms with Gasteiger partial charge in [-0.2, -0.15) is 0 Å². The van der Waals surface area contributed by atoms with Crippen LogP contribution in [0.3, 0.4) is 0 Å². The molecule has 5 heteroatoms. The summed E-state index contributed by atoms with van der Waals surface area (Å²) in [6, 6.07) is 14.5. The van der Waals surface area contributed by atoms with Crippen molar-refractivity contribution in [3.05, 3.63) is 60.4 Å². The van der Waals surface area contributed by atoms with E-state index in [1.807, 2.05) is 30.6 Å². The number of hydrogen-bond donors (Lipinski definition) is 2. The van der Waals surface area contributed by atoms with Gasteiger partial charge in [0.05, 0.1) is 12.2 Å². The van der Waals surface area contributed by atoms with Gasteiger partial charge in [0, 0.05) is 43.2 Å². The highest BCUT2D eigenvalue weighted by Gasteiger charge is 2.40. The van der Waals surface area contributed by atoms with Crippen LogP contribution in [0.5, 0.6) is 0 Å². The van der Waals surface area contributed by atoms with E-state index in [4.69, 9.17) is 0 Å². The Bertz CT molecular complexity index is 952. The number of fused-ring (bicyclic) bond motifs is 2. The first-order chi connectivity index (χ1) is 13.7. The zero-order valence-electron chi connectivity index (χ0n) is 15.8. The molecule has 2 aliphatic rings. The maximum Gasteiger partial charge on any atom is 0.159 e. The van der Waals surface area contributed by atoms with Gasteiger partial charge in [-0.15, -0.1) is 0 Å². The van der Waals surface area contributed by atoms with Crippen molar-refractivity contribution in [3.63, 3.8) is 0 Å². The summed E-state index contributed by atoms with van der Waals surface area (Å²) in [4.78, 5) is 11.7. The van der Waals surface area contributed by atoms with Crippen LogP contribution in [0.4, 0.5) is 0 Å². The molecule has 1 aromatic heterocycles. The molecule has 1 saturated heterocycles. The molecule has 0 spiro atoms. The molecule has 0 amide bonds. The lowest BCUT2D eigenvalue weighted by Gasteiger charge is -2.32. The molecule has 4 atom stereocenters. The first kappa shape index (κ1) is 17.7. The number of aromatic nitrogens is 2. The van der Waals surface area contributed by atoms with E-state index < -0.39 is 12.2 Å². The maximum absolute atomic E-state index is 9.93. The highest BCUT2D eigenvalue weighted by atomic mass is 16.3. The van der Waals surface area contributed by atoms with Crippen molar-refractivity contribution >= 4 is 10.8 Å². The summed E-state index contributed by atoms with van der Waals surface area (Å²) in [5.74, 6) is 1.71. The molecule has 2 fully saturated rings. The third-order valence-electron chi connectivity index (χ3n) is 6.33. The van der Waals surface area contributed by atoms with Crippen LogP contribution in [0.1, 0.15) is 18.4 Å². The largest absolute Gasteiger partial charge is 0.390 e. The molecule has 2 N–H and O–H groups in total. The summed E-state index contributed by atoms with van der Waals surface area (Å²) in [6.45, 7) is 2.76. The number of hydrogen-bond acceptors (Lipinski definition) is 5. The lowest BCUT2D eigenvalue weighted by molar-refractivity contribution is -0.0372. The number of likely N-dealkylation sites (tertiary alicyclic amines) is 1. The van der Waals surface area contributed by atoms with Crippen LogP contribution >= 0.6 is 0 Å². The summed E-state index contributed by atoms with van der Waals surface area (Å²) in [6.07, 6.45) is 4.14. The minimum atomic E-state index is -0.565. The van der Waals surface area contributed by atoms with Crippen molar-refractivity contribution in [2.24, 2.45) is 11.8 Å². The average Bonchev–Trinajstić information content (AvgIpc) is 3.09. The molecule has 5 nitrogen and oxygen atoms in total. The van der Waals surface area contributed by atoms with E-state index in [1.165, 1.54) is 10.8 Å². The molecule has 0 bridgehead atoms. The molecule has 1 saturated carbocycles. The highest BCUT2D eigenvalue weighted by Crippen LogP contribution is 2.37. The Morgan fingerprint density at radius 2 is 1.50 bits per heavy atom. The molecule has 0 unspecified atom stereocenters. The number of aliphatic hydroxyl groups excluding tert-OH is 2. The van der Waals surface area contributed by atoms with Crippen LogP contribution < -0.4 is 0 Å². The van der Waals surface area contributed by atoms with Gasteiger partial charge >= 0.3 is 0 Å². The normalized spacial score (nSPS) is 27.8. The number of nitrogens with zero attached hydrogens (tertiary/aromatic N) is 3. The van der Waals surface area contributed by atoms with Crippen LogP contribution in [0, 0.1) is 11.8 Å². The maximum atomic E-state index is 9.93. The molecule has 2 heterocycles. The van der Waals surface area contributed by atoms with E-state index in [0.717, 1.165) is 36.6 Å². The Balaban J connectivity index is 1.31. The molecule has 144 valence electrons. The van der Waals surface area contributed by atoms with Crippen LogP contribution in [0.25, 0.3) is 22.2 Å². The van der Waals surface area contributed by atoms with Gasteiger partial charge in [-0.05, 0) is 35.4 Å². The fourth-order valence-corrected chi connectivity index (χ4v) is 4.89. The minimum Gasteiger partial charge on any atom is -0.390 e. The summed E-state index contributed by atoms with van der Waals surface area (Å²) >= 11 is 0. The van der Waals surface area contributed by atoms with E-state index in [2.05, 4.69) is 39.1 Å². The minimum absolute atomic E-state index is 0.481. The fourth-order valence-electron chi connectivity index (χ4n) is 4.89. The van der Waals surface area contributed by atoms with Crippen molar-refractivity contribution in [2.75, 3.05) is 13.1 Å². The second-order valence-electron chi connectivity index (χ2n) is 8.26. The molecule has 0 radical (unpaired) electrons. The molecular formula is C23H25N3O2.